The van der Waals surface area contributed by atoms with Crippen molar-refractivity contribution in [2.45, 2.75) is 34.1 Å². The first kappa shape index (κ1) is 12.7. The van der Waals surface area contributed by atoms with Crippen LogP contribution >= 0.6 is 0 Å². The van der Waals surface area contributed by atoms with Crippen LogP contribution in [0.2, 0.25) is 0 Å². The van der Waals surface area contributed by atoms with Crippen molar-refractivity contribution in [2.75, 3.05) is 0 Å². The van der Waals surface area contributed by atoms with Crippen LogP contribution in [0.1, 0.15) is 44.5 Å². The van der Waals surface area contributed by atoms with Gasteiger partial charge in [-0.15, -0.1) is 0 Å². The molecule has 0 atom stereocenters. The van der Waals surface area contributed by atoms with E-state index in [2.05, 4.69) is 19.9 Å². The zero-order valence-electron chi connectivity index (χ0n) is 10.6. The molecule has 0 bridgehead atoms. The number of hydrogen-bond donors (Lipinski definition) is 0. The van der Waals surface area contributed by atoms with Gasteiger partial charge in [-0.2, -0.15) is 0 Å². The molecule has 0 aliphatic rings. The van der Waals surface area contributed by atoms with Crippen molar-refractivity contribution in [1.29, 1.82) is 0 Å². The lowest BCUT2D eigenvalue weighted by Crippen LogP contribution is -2.23. The highest BCUT2D eigenvalue weighted by Crippen LogP contribution is 2.26. The summed E-state index contributed by atoms with van der Waals surface area (Å²) in [5.74, 6) is 0.214. The van der Waals surface area contributed by atoms with Gasteiger partial charge in [0.25, 0.3) is 0 Å². The number of ketones is 1. The van der Waals surface area contributed by atoms with E-state index in [0.29, 0.717) is 0 Å². The molecule has 0 radical (unpaired) electrons. The number of hydrogen-bond acceptors (Lipinski definition) is 1. The quantitative estimate of drug-likeness (QED) is 0.543. The summed E-state index contributed by atoms with van der Waals surface area (Å²) in [7, 11) is 0. The molecule has 0 saturated carbocycles. The maximum Gasteiger partial charge on any atom is 0.168 e. The summed E-state index contributed by atoms with van der Waals surface area (Å²) in [6.07, 6.45) is 2.92. The van der Waals surface area contributed by atoms with E-state index in [1.165, 1.54) is 5.57 Å². The van der Waals surface area contributed by atoms with E-state index in [1.54, 1.807) is 0 Å². The Hall–Kier alpha value is -1.37. The molecule has 1 nitrogen and oxygen atoms in total. The van der Waals surface area contributed by atoms with Gasteiger partial charge in [0.15, 0.2) is 5.78 Å². The largest absolute Gasteiger partial charge is 0.294 e. The highest BCUT2D eigenvalue weighted by molar-refractivity contribution is 6.00. The van der Waals surface area contributed by atoms with E-state index in [1.807, 2.05) is 44.2 Å². The predicted molar refractivity (Wildman–Crippen MR) is 68.6 cm³/mol. The fraction of sp³-hybridized carbons (Fsp3) is 0.400. The van der Waals surface area contributed by atoms with Crippen LogP contribution in [-0.4, -0.2) is 5.78 Å². The van der Waals surface area contributed by atoms with Crippen LogP contribution in [0.25, 0.3) is 0 Å². The molecule has 0 amide bonds. The van der Waals surface area contributed by atoms with E-state index in [-0.39, 0.29) is 11.2 Å². The van der Waals surface area contributed by atoms with Gasteiger partial charge in [0, 0.05) is 11.0 Å². The third kappa shape index (κ3) is 3.34. The Bertz CT molecular complexity index is 381. The lowest BCUT2D eigenvalue weighted by Gasteiger charge is -2.21. The minimum atomic E-state index is -0.321. The van der Waals surface area contributed by atoms with Crippen LogP contribution < -0.4 is 0 Å². The standard InChI is InChI=1S/C15H20O/c1-12(2)10-11-15(3,4)14(16)13-8-6-5-7-9-13/h5-10H,11H2,1-4H3. The van der Waals surface area contributed by atoms with Crippen LogP contribution in [0.3, 0.4) is 0 Å². The van der Waals surface area contributed by atoms with E-state index >= 15 is 0 Å². The molecule has 0 unspecified atom stereocenters. The van der Waals surface area contributed by atoms with E-state index in [4.69, 9.17) is 0 Å². The van der Waals surface area contributed by atoms with Crippen LogP contribution in [-0.2, 0) is 0 Å². The Labute approximate surface area is 98.2 Å². The summed E-state index contributed by atoms with van der Waals surface area (Å²) in [5, 5.41) is 0. The van der Waals surface area contributed by atoms with Gasteiger partial charge in [0.1, 0.15) is 0 Å². The second-order valence-corrected chi connectivity index (χ2v) is 5.06. The number of benzene rings is 1. The van der Waals surface area contributed by atoms with Crippen molar-refractivity contribution in [3.63, 3.8) is 0 Å². The van der Waals surface area contributed by atoms with Gasteiger partial charge in [-0.3, -0.25) is 4.79 Å². The fourth-order valence-electron chi connectivity index (χ4n) is 1.53. The smallest absolute Gasteiger partial charge is 0.168 e. The van der Waals surface area contributed by atoms with E-state index < -0.39 is 0 Å². The van der Waals surface area contributed by atoms with Crippen molar-refractivity contribution < 1.29 is 4.79 Å². The molecule has 0 N–H and O–H groups in total. The molecule has 0 aromatic heterocycles. The summed E-state index contributed by atoms with van der Waals surface area (Å²) in [6.45, 7) is 8.12. The van der Waals surface area contributed by atoms with Gasteiger partial charge in [0.05, 0.1) is 0 Å². The molecule has 0 aliphatic carbocycles. The van der Waals surface area contributed by atoms with Crippen molar-refractivity contribution in [2.24, 2.45) is 5.41 Å². The third-order valence-corrected chi connectivity index (χ3v) is 2.67. The highest BCUT2D eigenvalue weighted by atomic mass is 16.1. The Kier molecular flexibility index (Phi) is 4.05. The third-order valence-electron chi connectivity index (χ3n) is 2.67. The molecular formula is C15H20O. The number of carbonyl (C=O) groups is 1. The first-order valence-electron chi connectivity index (χ1n) is 5.67. The van der Waals surface area contributed by atoms with Gasteiger partial charge >= 0.3 is 0 Å². The second kappa shape index (κ2) is 5.11. The molecular weight excluding hydrogens is 196 g/mol. The Morgan fingerprint density at radius 3 is 2.25 bits per heavy atom. The first-order chi connectivity index (χ1) is 7.43. The van der Waals surface area contributed by atoms with Gasteiger partial charge in [-0.05, 0) is 20.3 Å². The number of allylic oxidation sites excluding steroid dienone is 2. The summed E-state index contributed by atoms with van der Waals surface area (Å²) in [4.78, 5) is 12.2. The van der Waals surface area contributed by atoms with Crippen molar-refractivity contribution in [1.82, 2.24) is 0 Å². The van der Waals surface area contributed by atoms with Gasteiger partial charge in [-0.1, -0.05) is 55.8 Å². The average Bonchev–Trinajstić information content (AvgIpc) is 2.27. The fourth-order valence-corrected chi connectivity index (χ4v) is 1.53. The van der Waals surface area contributed by atoms with Crippen molar-refractivity contribution in [3.8, 4) is 0 Å². The van der Waals surface area contributed by atoms with Crippen LogP contribution in [0.15, 0.2) is 42.0 Å². The number of carbonyl (C=O) groups excluding carboxylic acids is 1. The molecule has 1 aromatic rings. The molecule has 0 saturated heterocycles. The topological polar surface area (TPSA) is 17.1 Å². The van der Waals surface area contributed by atoms with Crippen LogP contribution in [0.4, 0.5) is 0 Å². The van der Waals surface area contributed by atoms with E-state index in [9.17, 15) is 4.79 Å². The summed E-state index contributed by atoms with van der Waals surface area (Å²) < 4.78 is 0. The number of rotatable bonds is 4. The summed E-state index contributed by atoms with van der Waals surface area (Å²) >= 11 is 0. The minimum Gasteiger partial charge on any atom is -0.294 e. The SMILES string of the molecule is CC(C)=CCC(C)(C)C(=O)c1ccccc1. The Morgan fingerprint density at radius 2 is 1.75 bits per heavy atom. The zero-order valence-corrected chi connectivity index (χ0v) is 10.6. The van der Waals surface area contributed by atoms with Crippen molar-refractivity contribution >= 4 is 5.78 Å². The highest BCUT2D eigenvalue weighted by Gasteiger charge is 2.26. The Balaban J connectivity index is 2.84. The molecule has 0 fully saturated rings. The molecule has 0 aliphatic heterocycles. The minimum absolute atomic E-state index is 0.214. The lowest BCUT2D eigenvalue weighted by molar-refractivity contribution is 0.0841. The molecule has 0 spiro atoms. The molecule has 16 heavy (non-hydrogen) atoms. The maximum atomic E-state index is 12.2. The van der Waals surface area contributed by atoms with Gasteiger partial charge in [-0.25, -0.2) is 0 Å². The predicted octanol–water partition coefficient (Wildman–Crippen LogP) is 4.25. The molecule has 1 aromatic carbocycles. The summed E-state index contributed by atoms with van der Waals surface area (Å²) in [5.41, 5.74) is 1.74. The monoisotopic (exact) mass is 216 g/mol. The Morgan fingerprint density at radius 1 is 1.19 bits per heavy atom. The molecule has 1 heteroatoms. The lowest BCUT2D eigenvalue weighted by atomic mass is 9.81. The van der Waals surface area contributed by atoms with Gasteiger partial charge in [0.2, 0.25) is 0 Å². The molecule has 86 valence electrons. The van der Waals surface area contributed by atoms with Crippen LogP contribution in [0, 0.1) is 5.41 Å². The first-order valence-corrected chi connectivity index (χ1v) is 5.67. The van der Waals surface area contributed by atoms with Crippen LogP contribution in [0.5, 0.6) is 0 Å². The number of Topliss-reactive ketones (excluding diaryl/α,β-unsaturated/α-hetero) is 1. The zero-order chi connectivity index (χ0) is 12.2. The maximum absolute atomic E-state index is 12.2. The average molecular weight is 216 g/mol. The second-order valence-electron chi connectivity index (χ2n) is 5.06. The van der Waals surface area contributed by atoms with Crippen molar-refractivity contribution in [3.05, 3.63) is 47.5 Å². The molecule has 1 rings (SSSR count). The van der Waals surface area contributed by atoms with E-state index in [0.717, 1.165) is 12.0 Å². The normalized spacial score (nSPS) is 11.0. The molecule has 0 heterocycles. The van der Waals surface area contributed by atoms with Gasteiger partial charge < -0.3 is 0 Å². The summed E-state index contributed by atoms with van der Waals surface area (Å²) in [6, 6.07) is 9.51.